The Morgan fingerprint density at radius 2 is 1.96 bits per heavy atom. The highest BCUT2D eigenvalue weighted by atomic mass is 16.2. The molecule has 0 aliphatic heterocycles. The van der Waals surface area contributed by atoms with Gasteiger partial charge in [0, 0.05) is 37.7 Å². The summed E-state index contributed by atoms with van der Waals surface area (Å²) >= 11 is 0. The van der Waals surface area contributed by atoms with E-state index >= 15 is 0 Å². The summed E-state index contributed by atoms with van der Waals surface area (Å²) in [6.07, 6.45) is 5.20. The summed E-state index contributed by atoms with van der Waals surface area (Å²) in [4.78, 5) is 27.4. The summed E-state index contributed by atoms with van der Waals surface area (Å²) in [7, 11) is 1.75. The smallest absolute Gasteiger partial charge is 0.272 e. The lowest BCUT2D eigenvalue weighted by molar-refractivity contribution is 0.0797. The first-order valence-electron chi connectivity index (χ1n) is 8.86. The Bertz CT molecular complexity index is 1150. The lowest BCUT2D eigenvalue weighted by Crippen LogP contribution is -2.27. The van der Waals surface area contributed by atoms with Crippen molar-refractivity contribution in [1.82, 2.24) is 29.5 Å². The Morgan fingerprint density at radius 3 is 2.71 bits per heavy atom. The molecule has 2 N–H and O–H groups in total. The molecule has 0 atom stereocenters. The van der Waals surface area contributed by atoms with Gasteiger partial charge in [0.05, 0.1) is 17.0 Å². The van der Waals surface area contributed by atoms with Crippen LogP contribution in [-0.2, 0) is 0 Å². The third kappa shape index (κ3) is 3.05. The van der Waals surface area contributed by atoms with E-state index in [0.29, 0.717) is 40.7 Å². The van der Waals surface area contributed by atoms with Crippen molar-refractivity contribution in [3.8, 4) is 22.5 Å². The van der Waals surface area contributed by atoms with Crippen LogP contribution < -0.4 is 5.73 Å². The molecule has 4 aromatic heterocycles. The second-order valence-corrected chi connectivity index (χ2v) is 6.31. The molecule has 140 valence electrons. The van der Waals surface area contributed by atoms with E-state index in [4.69, 9.17) is 5.73 Å². The van der Waals surface area contributed by atoms with E-state index in [9.17, 15) is 4.79 Å². The van der Waals surface area contributed by atoms with E-state index < -0.39 is 0 Å². The van der Waals surface area contributed by atoms with E-state index in [-0.39, 0.29) is 5.91 Å². The molecular formula is C20H19N7O. The van der Waals surface area contributed by atoms with Crippen LogP contribution in [0, 0.1) is 0 Å². The molecule has 1 amide bonds. The molecular weight excluding hydrogens is 354 g/mol. The molecule has 0 aliphatic rings. The first-order valence-corrected chi connectivity index (χ1v) is 8.86. The average molecular weight is 373 g/mol. The van der Waals surface area contributed by atoms with Gasteiger partial charge in [0.2, 0.25) is 0 Å². The zero-order chi connectivity index (χ0) is 19.7. The van der Waals surface area contributed by atoms with Gasteiger partial charge in [-0.15, -0.1) is 5.10 Å². The van der Waals surface area contributed by atoms with Crippen molar-refractivity contribution in [1.29, 1.82) is 0 Å². The summed E-state index contributed by atoms with van der Waals surface area (Å²) in [6.45, 7) is 2.53. The number of aromatic nitrogens is 5. The van der Waals surface area contributed by atoms with Crippen molar-refractivity contribution >= 4 is 17.4 Å². The molecule has 4 heterocycles. The van der Waals surface area contributed by atoms with Crippen molar-refractivity contribution in [2.75, 3.05) is 19.3 Å². The van der Waals surface area contributed by atoms with Gasteiger partial charge in [-0.2, -0.15) is 0 Å². The first-order chi connectivity index (χ1) is 13.6. The number of carbonyl (C=O) groups excluding carboxylic acids is 1. The van der Waals surface area contributed by atoms with Gasteiger partial charge in [-0.05, 0) is 31.2 Å². The second kappa shape index (κ2) is 7.07. The van der Waals surface area contributed by atoms with Crippen LogP contribution in [0.15, 0.2) is 55.0 Å². The average Bonchev–Trinajstić information content (AvgIpc) is 3.08. The van der Waals surface area contributed by atoms with Crippen molar-refractivity contribution in [3.63, 3.8) is 0 Å². The summed E-state index contributed by atoms with van der Waals surface area (Å²) < 4.78 is 1.61. The molecule has 28 heavy (non-hydrogen) atoms. The third-order valence-electron chi connectivity index (χ3n) is 4.51. The normalized spacial score (nSPS) is 10.9. The van der Waals surface area contributed by atoms with Gasteiger partial charge < -0.3 is 10.6 Å². The Balaban J connectivity index is 1.77. The number of hydrogen-bond donors (Lipinski definition) is 1. The highest BCUT2D eigenvalue weighted by Gasteiger charge is 2.16. The molecule has 0 spiro atoms. The molecule has 0 saturated heterocycles. The van der Waals surface area contributed by atoms with E-state index in [1.54, 1.807) is 47.2 Å². The third-order valence-corrected chi connectivity index (χ3v) is 4.51. The predicted octanol–water partition coefficient (Wildman–Crippen LogP) is 2.53. The van der Waals surface area contributed by atoms with E-state index in [2.05, 4.69) is 20.1 Å². The number of hydrogen-bond acceptors (Lipinski definition) is 6. The maximum Gasteiger partial charge on any atom is 0.272 e. The number of rotatable bonds is 4. The second-order valence-electron chi connectivity index (χ2n) is 6.31. The van der Waals surface area contributed by atoms with Gasteiger partial charge in [0.15, 0.2) is 11.5 Å². The minimum atomic E-state index is -0.126. The van der Waals surface area contributed by atoms with Crippen LogP contribution in [0.2, 0.25) is 0 Å². The molecule has 0 aromatic carbocycles. The summed E-state index contributed by atoms with van der Waals surface area (Å²) in [6, 6.07) is 10.9. The van der Waals surface area contributed by atoms with Gasteiger partial charge in [-0.1, -0.05) is 12.1 Å². The SMILES string of the molecule is CCN(C)C(=O)c1cccc(-c2cnc3c(-c4ccccn4)c(N)nn3c2)n1. The van der Waals surface area contributed by atoms with Gasteiger partial charge in [-0.3, -0.25) is 9.78 Å². The van der Waals surface area contributed by atoms with Crippen molar-refractivity contribution in [2.45, 2.75) is 6.92 Å². The number of nitrogen functional groups attached to an aromatic ring is 1. The zero-order valence-electron chi connectivity index (χ0n) is 15.6. The Hall–Kier alpha value is -3.81. The highest BCUT2D eigenvalue weighted by molar-refractivity contribution is 5.92. The van der Waals surface area contributed by atoms with Gasteiger partial charge >= 0.3 is 0 Å². The van der Waals surface area contributed by atoms with Crippen molar-refractivity contribution < 1.29 is 4.79 Å². The number of pyridine rings is 2. The summed E-state index contributed by atoms with van der Waals surface area (Å²) in [5, 5.41) is 4.36. The molecule has 0 unspecified atom stereocenters. The number of amides is 1. The summed E-state index contributed by atoms with van der Waals surface area (Å²) in [5.41, 5.74) is 9.87. The minimum Gasteiger partial charge on any atom is -0.382 e. The Kier molecular flexibility index (Phi) is 4.44. The molecule has 0 fully saturated rings. The zero-order valence-corrected chi connectivity index (χ0v) is 15.6. The molecule has 4 aromatic rings. The number of carbonyl (C=O) groups is 1. The highest BCUT2D eigenvalue weighted by Crippen LogP contribution is 2.28. The molecule has 8 heteroatoms. The van der Waals surface area contributed by atoms with Gasteiger partial charge in [0.25, 0.3) is 5.91 Å². The van der Waals surface area contributed by atoms with Crippen LogP contribution in [0.4, 0.5) is 5.82 Å². The number of nitrogens with zero attached hydrogens (tertiary/aromatic N) is 6. The topological polar surface area (TPSA) is 102 Å². The first kappa shape index (κ1) is 17.6. The van der Waals surface area contributed by atoms with E-state index in [0.717, 1.165) is 5.56 Å². The monoisotopic (exact) mass is 373 g/mol. The predicted molar refractivity (Wildman–Crippen MR) is 106 cm³/mol. The van der Waals surface area contributed by atoms with Gasteiger partial charge in [-0.25, -0.2) is 14.5 Å². The fourth-order valence-corrected chi connectivity index (χ4v) is 2.89. The van der Waals surface area contributed by atoms with Gasteiger partial charge in [0.1, 0.15) is 5.69 Å². The largest absolute Gasteiger partial charge is 0.382 e. The van der Waals surface area contributed by atoms with Crippen molar-refractivity contribution in [2.24, 2.45) is 0 Å². The van der Waals surface area contributed by atoms with Crippen LogP contribution in [0.25, 0.3) is 28.2 Å². The quantitative estimate of drug-likeness (QED) is 0.590. The molecule has 4 rings (SSSR count). The number of nitrogens with two attached hydrogens (primary N) is 1. The molecule has 0 bridgehead atoms. The van der Waals surface area contributed by atoms with E-state index in [1.807, 2.05) is 31.2 Å². The van der Waals surface area contributed by atoms with Crippen LogP contribution >= 0.6 is 0 Å². The van der Waals surface area contributed by atoms with Crippen LogP contribution in [0.1, 0.15) is 17.4 Å². The number of fused-ring (bicyclic) bond motifs is 1. The van der Waals surface area contributed by atoms with Crippen molar-refractivity contribution in [3.05, 3.63) is 60.7 Å². The Labute approximate surface area is 161 Å². The van der Waals surface area contributed by atoms with E-state index in [1.165, 1.54) is 0 Å². The lowest BCUT2D eigenvalue weighted by Gasteiger charge is -2.14. The molecule has 8 nitrogen and oxygen atoms in total. The minimum absolute atomic E-state index is 0.126. The molecule has 0 radical (unpaired) electrons. The maximum absolute atomic E-state index is 12.4. The molecule has 0 saturated carbocycles. The lowest BCUT2D eigenvalue weighted by atomic mass is 10.2. The number of anilines is 1. The van der Waals surface area contributed by atoms with Crippen LogP contribution in [-0.4, -0.2) is 49.0 Å². The fourth-order valence-electron chi connectivity index (χ4n) is 2.89. The summed E-state index contributed by atoms with van der Waals surface area (Å²) in [5.74, 6) is 0.226. The standard InChI is InChI=1S/C20H19N7O/c1-3-26(2)20(28)16-9-6-8-14(24-16)13-11-23-19-17(15-7-4-5-10-22-15)18(21)25-27(19)12-13/h4-12H,3H2,1-2H3,(H2,21,25). The maximum atomic E-state index is 12.4. The Morgan fingerprint density at radius 1 is 1.14 bits per heavy atom. The van der Waals surface area contributed by atoms with Crippen LogP contribution in [0.5, 0.6) is 0 Å². The van der Waals surface area contributed by atoms with Crippen LogP contribution in [0.3, 0.4) is 0 Å². The fraction of sp³-hybridized carbons (Fsp3) is 0.150. The molecule has 0 aliphatic carbocycles.